The Morgan fingerprint density at radius 1 is 1.29 bits per heavy atom. The summed E-state index contributed by atoms with van der Waals surface area (Å²) in [6, 6.07) is 8.30. The van der Waals surface area contributed by atoms with Crippen LogP contribution in [0.2, 0.25) is 0 Å². The molecule has 1 aromatic carbocycles. The Hall–Kier alpha value is -1.02. The van der Waals surface area contributed by atoms with Gasteiger partial charge in [0.1, 0.15) is 5.75 Å². The van der Waals surface area contributed by atoms with Gasteiger partial charge in [0.25, 0.3) is 0 Å². The molecule has 0 aliphatic rings. The molecule has 2 heteroatoms. The highest BCUT2D eigenvalue weighted by Gasteiger charge is 2.05. The largest absolute Gasteiger partial charge is 0.496 e. The van der Waals surface area contributed by atoms with E-state index in [0.717, 1.165) is 25.3 Å². The Balaban J connectivity index is 2.33. The van der Waals surface area contributed by atoms with E-state index in [-0.39, 0.29) is 0 Å². The monoisotopic (exact) mass is 235 g/mol. The fourth-order valence-corrected chi connectivity index (χ4v) is 1.94. The van der Waals surface area contributed by atoms with Gasteiger partial charge in [-0.1, -0.05) is 32.0 Å². The molecule has 1 N–H and O–H groups in total. The third kappa shape index (κ3) is 5.22. The second kappa shape index (κ2) is 8.13. The van der Waals surface area contributed by atoms with E-state index in [0.29, 0.717) is 5.92 Å². The van der Waals surface area contributed by atoms with Crippen LogP contribution in [0.15, 0.2) is 24.3 Å². The van der Waals surface area contributed by atoms with E-state index < -0.39 is 0 Å². The fourth-order valence-electron chi connectivity index (χ4n) is 1.94. The van der Waals surface area contributed by atoms with Gasteiger partial charge in [0.2, 0.25) is 0 Å². The van der Waals surface area contributed by atoms with Crippen molar-refractivity contribution in [3.8, 4) is 5.75 Å². The molecule has 2 nitrogen and oxygen atoms in total. The molecule has 0 fully saturated rings. The van der Waals surface area contributed by atoms with Crippen LogP contribution in [0.1, 0.15) is 32.3 Å². The number of ether oxygens (including phenoxy) is 1. The molecule has 0 spiro atoms. The standard InChI is InChI=1S/C15H25NO/c1-4-11-16-12-13(2)9-10-14-7-5-6-8-15(14)17-3/h5-8,13,16H,4,9-12H2,1-3H3. The van der Waals surface area contributed by atoms with E-state index in [1.165, 1.54) is 18.4 Å². The molecule has 1 aromatic rings. The highest BCUT2D eigenvalue weighted by atomic mass is 16.5. The first-order valence-electron chi connectivity index (χ1n) is 6.60. The maximum Gasteiger partial charge on any atom is 0.122 e. The van der Waals surface area contributed by atoms with E-state index in [1.807, 2.05) is 12.1 Å². The van der Waals surface area contributed by atoms with Crippen molar-refractivity contribution in [2.24, 2.45) is 5.92 Å². The van der Waals surface area contributed by atoms with E-state index in [2.05, 4.69) is 31.3 Å². The summed E-state index contributed by atoms with van der Waals surface area (Å²) in [4.78, 5) is 0. The van der Waals surface area contributed by atoms with Crippen molar-refractivity contribution in [1.29, 1.82) is 0 Å². The van der Waals surface area contributed by atoms with Crippen molar-refractivity contribution in [3.63, 3.8) is 0 Å². The van der Waals surface area contributed by atoms with Crippen LogP contribution in [-0.4, -0.2) is 20.2 Å². The molecule has 1 atom stereocenters. The quantitative estimate of drug-likeness (QED) is 0.698. The molecule has 1 rings (SSSR count). The molecule has 0 amide bonds. The van der Waals surface area contributed by atoms with Crippen LogP contribution in [0.5, 0.6) is 5.75 Å². The van der Waals surface area contributed by atoms with E-state index >= 15 is 0 Å². The lowest BCUT2D eigenvalue weighted by molar-refractivity contribution is 0.405. The van der Waals surface area contributed by atoms with Crippen LogP contribution in [0, 0.1) is 5.92 Å². The summed E-state index contributed by atoms with van der Waals surface area (Å²) in [6.07, 6.45) is 3.51. The van der Waals surface area contributed by atoms with E-state index in [4.69, 9.17) is 4.74 Å². The van der Waals surface area contributed by atoms with Crippen molar-refractivity contribution in [1.82, 2.24) is 5.32 Å². The number of hydrogen-bond donors (Lipinski definition) is 1. The molecule has 0 saturated carbocycles. The van der Waals surface area contributed by atoms with Crippen LogP contribution in [0.25, 0.3) is 0 Å². The molecule has 0 bridgehead atoms. The van der Waals surface area contributed by atoms with Crippen molar-refractivity contribution < 1.29 is 4.74 Å². The summed E-state index contributed by atoms with van der Waals surface area (Å²) in [7, 11) is 1.74. The molecule has 0 heterocycles. The number of rotatable bonds is 8. The molecular weight excluding hydrogens is 210 g/mol. The lowest BCUT2D eigenvalue weighted by Crippen LogP contribution is -2.22. The first-order valence-corrected chi connectivity index (χ1v) is 6.60. The predicted molar refractivity (Wildman–Crippen MR) is 73.6 cm³/mol. The zero-order valence-electron chi connectivity index (χ0n) is 11.3. The Bertz CT molecular complexity index is 312. The van der Waals surface area contributed by atoms with Gasteiger partial charge in [-0.05, 0) is 49.9 Å². The van der Waals surface area contributed by atoms with Crippen molar-refractivity contribution in [2.45, 2.75) is 33.1 Å². The zero-order valence-corrected chi connectivity index (χ0v) is 11.3. The molecule has 0 saturated heterocycles. The predicted octanol–water partition coefficient (Wildman–Crippen LogP) is 3.26. The summed E-state index contributed by atoms with van der Waals surface area (Å²) in [5.41, 5.74) is 1.32. The van der Waals surface area contributed by atoms with Crippen LogP contribution >= 0.6 is 0 Å². The van der Waals surface area contributed by atoms with Gasteiger partial charge in [0.05, 0.1) is 7.11 Å². The van der Waals surface area contributed by atoms with Crippen molar-refractivity contribution >= 4 is 0 Å². The molecule has 0 aromatic heterocycles. The van der Waals surface area contributed by atoms with Gasteiger partial charge in [0.15, 0.2) is 0 Å². The number of aryl methyl sites for hydroxylation is 1. The van der Waals surface area contributed by atoms with Gasteiger partial charge < -0.3 is 10.1 Å². The second-order valence-corrected chi connectivity index (χ2v) is 4.66. The van der Waals surface area contributed by atoms with Gasteiger partial charge in [0, 0.05) is 0 Å². The minimum absolute atomic E-state index is 0.714. The number of hydrogen-bond acceptors (Lipinski definition) is 2. The smallest absolute Gasteiger partial charge is 0.122 e. The van der Waals surface area contributed by atoms with Gasteiger partial charge in [-0.2, -0.15) is 0 Å². The Morgan fingerprint density at radius 2 is 2.06 bits per heavy atom. The Morgan fingerprint density at radius 3 is 2.76 bits per heavy atom. The first kappa shape index (κ1) is 14.0. The Kier molecular flexibility index (Phi) is 6.71. The summed E-state index contributed by atoms with van der Waals surface area (Å²) >= 11 is 0. The van der Waals surface area contributed by atoms with E-state index in [9.17, 15) is 0 Å². The highest BCUT2D eigenvalue weighted by Crippen LogP contribution is 2.20. The van der Waals surface area contributed by atoms with Gasteiger partial charge in [-0.15, -0.1) is 0 Å². The topological polar surface area (TPSA) is 21.3 Å². The van der Waals surface area contributed by atoms with Gasteiger partial charge >= 0.3 is 0 Å². The minimum atomic E-state index is 0.714. The number of nitrogens with one attached hydrogen (secondary N) is 1. The minimum Gasteiger partial charge on any atom is -0.496 e. The average molecular weight is 235 g/mol. The molecular formula is C15H25NO. The van der Waals surface area contributed by atoms with Crippen molar-refractivity contribution in [3.05, 3.63) is 29.8 Å². The zero-order chi connectivity index (χ0) is 12.5. The lowest BCUT2D eigenvalue weighted by Gasteiger charge is -2.13. The summed E-state index contributed by atoms with van der Waals surface area (Å²) in [5, 5.41) is 3.47. The number of benzene rings is 1. The summed E-state index contributed by atoms with van der Waals surface area (Å²) < 4.78 is 5.36. The van der Waals surface area contributed by atoms with Gasteiger partial charge in [-0.3, -0.25) is 0 Å². The fraction of sp³-hybridized carbons (Fsp3) is 0.600. The van der Waals surface area contributed by atoms with Crippen molar-refractivity contribution in [2.75, 3.05) is 20.2 Å². The second-order valence-electron chi connectivity index (χ2n) is 4.66. The van der Waals surface area contributed by atoms with Gasteiger partial charge in [-0.25, -0.2) is 0 Å². The molecule has 1 unspecified atom stereocenters. The Labute approximate surface area is 105 Å². The molecule has 0 aliphatic heterocycles. The van der Waals surface area contributed by atoms with E-state index in [1.54, 1.807) is 7.11 Å². The third-order valence-corrected chi connectivity index (χ3v) is 3.02. The molecule has 0 radical (unpaired) electrons. The summed E-state index contributed by atoms with van der Waals surface area (Å²) in [5.74, 6) is 1.73. The van der Waals surface area contributed by atoms with Crippen LogP contribution in [0.3, 0.4) is 0 Å². The highest BCUT2D eigenvalue weighted by molar-refractivity contribution is 5.33. The lowest BCUT2D eigenvalue weighted by atomic mass is 10.0. The maximum absolute atomic E-state index is 5.36. The normalized spacial score (nSPS) is 12.4. The average Bonchev–Trinajstić information content (AvgIpc) is 2.37. The van der Waals surface area contributed by atoms with Crippen LogP contribution < -0.4 is 10.1 Å². The summed E-state index contributed by atoms with van der Waals surface area (Å²) in [6.45, 7) is 6.74. The first-order chi connectivity index (χ1) is 8.27. The van der Waals surface area contributed by atoms with Crippen LogP contribution in [-0.2, 0) is 6.42 Å². The third-order valence-electron chi connectivity index (χ3n) is 3.02. The maximum atomic E-state index is 5.36. The molecule has 96 valence electrons. The number of methoxy groups -OCH3 is 1. The molecule has 0 aliphatic carbocycles. The SMILES string of the molecule is CCCNCC(C)CCc1ccccc1OC. The van der Waals surface area contributed by atoms with Crippen LogP contribution in [0.4, 0.5) is 0 Å². The molecule has 17 heavy (non-hydrogen) atoms. The number of para-hydroxylation sites is 1.